The first-order chi connectivity index (χ1) is 15.9. The van der Waals surface area contributed by atoms with E-state index in [0.717, 1.165) is 41.2 Å². The van der Waals surface area contributed by atoms with E-state index in [-0.39, 0.29) is 11.3 Å². The SMILES string of the molecule is CCN(CC)c1ccc(NC(=O)c2ccc(-c3cc(=O)c4cc(C)cc(C)c4o3)cc2)cc1. The molecule has 0 aliphatic rings. The Morgan fingerprint density at radius 3 is 2.21 bits per heavy atom. The smallest absolute Gasteiger partial charge is 0.255 e. The Balaban J connectivity index is 1.54. The van der Waals surface area contributed by atoms with Crippen LogP contribution in [0.1, 0.15) is 35.3 Å². The minimum Gasteiger partial charge on any atom is -0.456 e. The highest BCUT2D eigenvalue weighted by Crippen LogP contribution is 2.26. The number of carbonyl (C=O) groups excluding carboxylic acids is 1. The van der Waals surface area contributed by atoms with Gasteiger partial charge in [0.25, 0.3) is 5.91 Å². The van der Waals surface area contributed by atoms with Crippen molar-refractivity contribution in [1.82, 2.24) is 0 Å². The van der Waals surface area contributed by atoms with Gasteiger partial charge in [-0.15, -0.1) is 0 Å². The summed E-state index contributed by atoms with van der Waals surface area (Å²) in [5.74, 6) is 0.293. The van der Waals surface area contributed by atoms with E-state index in [1.807, 2.05) is 50.2 Å². The Hall–Kier alpha value is -3.86. The zero-order valence-electron chi connectivity index (χ0n) is 19.4. The van der Waals surface area contributed by atoms with Crippen molar-refractivity contribution in [3.8, 4) is 11.3 Å². The number of amides is 1. The van der Waals surface area contributed by atoms with E-state index >= 15 is 0 Å². The largest absolute Gasteiger partial charge is 0.456 e. The van der Waals surface area contributed by atoms with Crippen LogP contribution in [-0.4, -0.2) is 19.0 Å². The lowest BCUT2D eigenvalue weighted by atomic mass is 10.1. The molecule has 0 unspecified atom stereocenters. The topological polar surface area (TPSA) is 62.6 Å². The molecule has 0 aliphatic carbocycles. The Morgan fingerprint density at radius 1 is 0.909 bits per heavy atom. The molecule has 1 amide bonds. The fourth-order valence-corrected chi connectivity index (χ4v) is 4.08. The minimum atomic E-state index is -0.191. The van der Waals surface area contributed by atoms with Crippen LogP contribution < -0.4 is 15.6 Å². The Morgan fingerprint density at radius 2 is 1.58 bits per heavy atom. The highest BCUT2D eigenvalue weighted by molar-refractivity contribution is 6.04. The monoisotopic (exact) mass is 440 g/mol. The molecule has 0 saturated heterocycles. The fraction of sp³-hybridized carbons (Fsp3) is 0.214. The lowest BCUT2D eigenvalue weighted by Crippen LogP contribution is -2.21. The number of nitrogens with zero attached hydrogens (tertiary/aromatic N) is 1. The molecule has 0 spiro atoms. The number of hydrogen-bond acceptors (Lipinski definition) is 4. The molecule has 0 bridgehead atoms. The van der Waals surface area contributed by atoms with Gasteiger partial charge in [-0.05, 0) is 81.3 Å². The lowest BCUT2D eigenvalue weighted by Gasteiger charge is -2.21. The normalized spacial score (nSPS) is 10.9. The molecule has 4 rings (SSSR count). The molecule has 1 aromatic heterocycles. The number of benzene rings is 3. The van der Waals surface area contributed by atoms with Crippen LogP contribution in [0.3, 0.4) is 0 Å². The molecule has 0 aliphatic heterocycles. The van der Waals surface area contributed by atoms with Gasteiger partial charge in [0.1, 0.15) is 11.3 Å². The summed E-state index contributed by atoms with van der Waals surface area (Å²) >= 11 is 0. The third-order valence-electron chi connectivity index (χ3n) is 5.84. The minimum absolute atomic E-state index is 0.0759. The fourth-order valence-electron chi connectivity index (χ4n) is 4.08. The summed E-state index contributed by atoms with van der Waals surface area (Å²) in [5, 5.41) is 3.52. The summed E-state index contributed by atoms with van der Waals surface area (Å²) in [6.07, 6.45) is 0. The predicted octanol–water partition coefficient (Wildman–Crippen LogP) is 6.18. The van der Waals surface area contributed by atoms with Crippen LogP contribution >= 0.6 is 0 Å². The van der Waals surface area contributed by atoms with Gasteiger partial charge in [0, 0.05) is 41.7 Å². The highest BCUT2D eigenvalue weighted by Gasteiger charge is 2.12. The molecule has 3 aromatic carbocycles. The van der Waals surface area contributed by atoms with Crippen molar-refractivity contribution >= 4 is 28.3 Å². The van der Waals surface area contributed by atoms with Gasteiger partial charge >= 0.3 is 0 Å². The van der Waals surface area contributed by atoms with Crippen LogP contribution in [-0.2, 0) is 0 Å². The van der Waals surface area contributed by atoms with E-state index in [1.54, 1.807) is 24.3 Å². The van der Waals surface area contributed by atoms with Crippen molar-refractivity contribution in [3.63, 3.8) is 0 Å². The summed E-state index contributed by atoms with van der Waals surface area (Å²) in [6.45, 7) is 10.0. The van der Waals surface area contributed by atoms with Crippen molar-refractivity contribution < 1.29 is 9.21 Å². The van der Waals surface area contributed by atoms with E-state index in [1.165, 1.54) is 6.07 Å². The molecule has 0 atom stereocenters. The van der Waals surface area contributed by atoms with Gasteiger partial charge in [0.15, 0.2) is 5.43 Å². The number of fused-ring (bicyclic) bond motifs is 1. The quantitative estimate of drug-likeness (QED) is 0.389. The van der Waals surface area contributed by atoms with Crippen molar-refractivity contribution in [2.24, 2.45) is 0 Å². The number of carbonyl (C=O) groups is 1. The first-order valence-corrected chi connectivity index (χ1v) is 11.2. The second kappa shape index (κ2) is 9.33. The molecule has 168 valence electrons. The molecule has 0 fully saturated rings. The van der Waals surface area contributed by atoms with E-state index in [2.05, 4.69) is 24.1 Å². The maximum absolute atomic E-state index is 12.7. The summed E-state index contributed by atoms with van der Waals surface area (Å²) in [5.41, 5.74) is 5.61. The molecular weight excluding hydrogens is 412 g/mol. The Bertz CT molecular complexity index is 1350. The molecular formula is C28H28N2O3. The number of hydrogen-bond donors (Lipinski definition) is 1. The average Bonchev–Trinajstić information content (AvgIpc) is 2.81. The van der Waals surface area contributed by atoms with Gasteiger partial charge in [-0.1, -0.05) is 18.2 Å². The third-order valence-corrected chi connectivity index (χ3v) is 5.84. The van der Waals surface area contributed by atoms with Crippen molar-refractivity contribution in [3.05, 3.63) is 93.6 Å². The van der Waals surface area contributed by atoms with Crippen LogP contribution in [0.2, 0.25) is 0 Å². The number of anilines is 2. The maximum atomic E-state index is 12.7. The van der Waals surface area contributed by atoms with Gasteiger partial charge in [-0.2, -0.15) is 0 Å². The van der Waals surface area contributed by atoms with Gasteiger partial charge in [0.05, 0.1) is 5.39 Å². The van der Waals surface area contributed by atoms with E-state index < -0.39 is 0 Å². The zero-order valence-corrected chi connectivity index (χ0v) is 19.4. The Kier molecular flexibility index (Phi) is 6.31. The molecule has 0 saturated carbocycles. The molecule has 4 aromatic rings. The van der Waals surface area contributed by atoms with E-state index in [0.29, 0.717) is 22.3 Å². The van der Waals surface area contributed by atoms with Gasteiger partial charge in [0.2, 0.25) is 0 Å². The second-order valence-corrected chi connectivity index (χ2v) is 8.18. The summed E-state index contributed by atoms with van der Waals surface area (Å²) in [4.78, 5) is 27.6. The Labute approximate surface area is 193 Å². The lowest BCUT2D eigenvalue weighted by molar-refractivity contribution is 0.102. The van der Waals surface area contributed by atoms with E-state index in [4.69, 9.17) is 4.42 Å². The molecule has 5 nitrogen and oxygen atoms in total. The molecule has 1 N–H and O–H groups in total. The van der Waals surface area contributed by atoms with E-state index in [9.17, 15) is 9.59 Å². The molecule has 33 heavy (non-hydrogen) atoms. The van der Waals surface area contributed by atoms with Crippen molar-refractivity contribution in [1.29, 1.82) is 0 Å². The van der Waals surface area contributed by atoms with Crippen LogP contribution in [0.4, 0.5) is 11.4 Å². The third kappa shape index (κ3) is 4.67. The molecule has 0 radical (unpaired) electrons. The van der Waals surface area contributed by atoms with Crippen molar-refractivity contribution in [2.75, 3.05) is 23.3 Å². The summed E-state index contributed by atoms with van der Waals surface area (Å²) in [6, 6.07) is 20.3. The van der Waals surface area contributed by atoms with Crippen LogP contribution in [0, 0.1) is 13.8 Å². The van der Waals surface area contributed by atoms with Gasteiger partial charge in [-0.3, -0.25) is 9.59 Å². The van der Waals surface area contributed by atoms with Crippen LogP contribution in [0.5, 0.6) is 0 Å². The second-order valence-electron chi connectivity index (χ2n) is 8.18. The van der Waals surface area contributed by atoms with Crippen molar-refractivity contribution in [2.45, 2.75) is 27.7 Å². The molecule has 1 heterocycles. The standard InChI is InChI=1S/C28H28N2O3/c1-5-30(6-2)23-13-11-22(12-14-23)29-28(32)21-9-7-20(8-10-21)26-17-25(31)24-16-18(3)15-19(4)27(24)33-26/h7-17H,5-6H2,1-4H3,(H,29,32). The predicted molar refractivity (Wildman–Crippen MR) is 135 cm³/mol. The molecule has 5 heteroatoms. The van der Waals surface area contributed by atoms with Gasteiger partial charge < -0.3 is 14.6 Å². The average molecular weight is 441 g/mol. The van der Waals surface area contributed by atoms with Crippen LogP contribution in [0.25, 0.3) is 22.3 Å². The summed E-state index contributed by atoms with van der Waals surface area (Å²) < 4.78 is 6.05. The number of aryl methyl sites for hydroxylation is 2. The highest BCUT2D eigenvalue weighted by atomic mass is 16.3. The number of nitrogens with one attached hydrogen (secondary N) is 1. The maximum Gasteiger partial charge on any atom is 0.255 e. The van der Waals surface area contributed by atoms with Gasteiger partial charge in [-0.25, -0.2) is 0 Å². The number of rotatable bonds is 6. The zero-order chi connectivity index (χ0) is 23.5. The summed E-state index contributed by atoms with van der Waals surface area (Å²) in [7, 11) is 0. The first-order valence-electron chi connectivity index (χ1n) is 11.2. The van der Waals surface area contributed by atoms with Crippen LogP contribution in [0.15, 0.2) is 75.9 Å². The first kappa shape index (κ1) is 22.3.